The molecule has 0 amide bonds. The van der Waals surface area contributed by atoms with Gasteiger partial charge >= 0.3 is 6.61 Å². The standard InChI is InChI=1S/C20H17ClF2N2O/c1-2-13-6-14(11-24-10-13)7-15-8-18(16-4-3-5-17(21)9-16)19(25-12-15)26-20(22)23/h3-6,8-12,20H,2,7H2,1H3. The van der Waals surface area contributed by atoms with Crippen LogP contribution in [0.4, 0.5) is 8.78 Å². The van der Waals surface area contributed by atoms with Gasteiger partial charge in [0.05, 0.1) is 0 Å². The van der Waals surface area contributed by atoms with Gasteiger partial charge in [0.1, 0.15) is 0 Å². The zero-order valence-electron chi connectivity index (χ0n) is 14.1. The van der Waals surface area contributed by atoms with E-state index in [2.05, 4.69) is 27.7 Å². The maximum absolute atomic E-state index is 12.7. The van der Waals surface area contributed by atoms with Crippen molar-refractivity contribution in [3.05, 3.63) is 76.7 Å². The third kappa shape index (κ3) is 4.55. The number of hydrogen-bond donors (Lipinski definition) is 0. The molecule has 0 saturated carbocycles. The summed E-state index contributed by atoms with van der Waals surface area (Å²) in [6.07, 6.45) is 6.66. The summed E-state index contributed by atoms with van der Waals surface area (Å²) in [5, 5.41) is 0.510. The lowest BCUT2D eigenvalue weighted by Gasteiger charge is -2.12. The number of aryl methyl sites for hydroxylation is 1. The highest BCUT2D eigenvalue weighted by Gasteiger charge is 2.14. The smallest absolute Gasteiger partial charge is 0.388 e. The molecule has 0 fully saturated rings. The second-order valence-corrected chi connectivity index (χ2v) is 6.25. The molecule has 0 aliphatic heterocycles. The number of halogens is 3. The van der Waals surface area contributed by atoms with E-state index in [0.29, 0.717) is 22.6 Å². The Bertz CT molecular complexity index is 902. The monoisotopic (exact) mass is 374 g/mol. The fourth-order valence-electron chi connectivity index (χ4n) is 2.70. The molecule has 0 saturated heterocycles. The number of pyridine rings is 2. The number of alkyl halides is 2. The van der Waals surface area contributed by atoms with Crippen LogP contribution in [0.2, 0.25) is 5.02 Å². The first-order valence-corrected chi connectivity index (χ1v) is 8.55. The van der Waals surface area contributed by atoms with E-state index in [-0.39, 0.29) is 5.88 Å². The molecule has 26 heavy (non-hydrogen) atoms. The molecular formula is C20H17ClF2N2O. The predicted octanol–water partition coefficient (Wildman–Crippen LogP) is 5.55. The molecule has 0 atom stereocenters. The van der Waals surface area contributed by atoms with Gasteiger partial charge in [-0.25, -0.2) is 4.98 Å². The van der Waals surface area contributed by atoms with Gasteiger partial charge in [0, 0.05) is 35.6 Å². The topological polar surface area (TPSA) is 35.0 Å². The van der Waals surface area contributed by atoms with E-state index < -0.39 is 6.61 Å². The lowest BCUT2D eigenvalue weighted by atomic mass is 10.0. The van der Waals surface area contributed by atoms with Crippen LogP contribution in [0, 0.1) is 0 Å². The first-order valence-electron chi connectivity index (χ1n) is 8.17. The van der Waals surface area contributed by atoms with Gasteiger partial charge in [-0.3, -0.25) is 4.98 Å². The maximum atomic E-state index is 12.7. The molecular weight excluding hydrogens is 358 g/mol. The summed E-state index contributed by atoms with van der Waals surface area (Å²) in [7, 11) is 0. The molecule has 3 rings (SSSR count). The number of nitrogens with zero attached hydrogens (tertiary/aromatic N) is 2. The normalized spacial score (nSPS) is 11.0. The van der Waals surface area contributed by atoms with Gasteiger partial charge in [-0.05, 0) is 46.9 Å². The van der Waals surface area contributed by atoms with Crippen LogP contribution in [-0.4, -0.2) is 16.6 Å². The molecule has 1 aromatic carbocycles. The molecule has 0 radical (unpaired) electrons. The Kier molecular flexibility index (Phi) is 5.78. The molecule has 0 bridgehead atoms. The van der Waals surface area contributed by atoms with Crippen LogP contribution in [0.3, 0.4) is 0 Å². The van der Waals surface area contributed by atoms with Crippen molar-refractivity contribution in [2.45, 2.75) is 26.4 Å². The van der Waals surface area contributed by atoms with E-state index in [4.69, 9.17) is 11.6 Å². The minimum atomic E-state index is -2.95. The number of ether oxygens (including phenoxy) is 1. The third-order valence-electron chi connectivity index (χ3n) is 3.91. The SMILES string of the molecule is CCc1cncc(Cc2cnc(OC(F)F)c(-c3cccc(Cl)c3)c2)c1. The first kappa shape index (κ1) is 18.3. The Balaban J connectivity index is 1.98. The number of aromatic nitrogens is 2. The Labute approximate surface area is 155 Å². The first-order chi connectivity index (χ1) is 12.5. The van der Waals surface area contributed by atoms with Crippen LogP contribution in [-0.2, 0) is 12.8 Å². The molecule has 0 N–H and O–H groups in total. The van der Waals surface area contributed by atoms with Gasteiger partial charge in [0.15, 0.2) is 0 Å². The lowest BCUT2D eigenvalue weighted by Crippen LogP contribution is -2.06. The summed E-state index contributed by atoms with van der Waals surface area (Å²) in [6, 6.07) is 10.8. The molecule has 2 heterocycles. The fraction of sp³-hybridized carbons (Fsp3) is 0.200. The van der Waals surface area contributed by atoms with E-state index in [1.807, 2.05) is 6.20 Å². The largest absolute Gasteiger partial charge is 0.416 e. The molecule has 0 aliphatic rings. The van der Waals surface area contributed by atoms with Crippen molar-refractivity contribution in [2.24, 2.45) is 0 Å². The molecule has 3 nitrogen and oxygen atoms in total. The second-order valence-electron chi connectivity index (χ2n) is 5.82. The van der Waals surface area contributed by atoms with Crippen LogP contribution in [0.15, 0.2) is 55.0 Å². The van der Waals surface area contributed by atoms with Gasteiger partial charge in [-0.2, -0.15) is 8.78 Å². The van der Waals surface area contributed by atoms with E-state index in [0.717, 1.165) is 23.1 Å². The fourth-order valence-corrected chi connectivity index (χ4v) is 2.89. The summed E-state index contributed by atoms with van der Waals surface area (Å²) < 4.78 is 30.0. The number of benzene rings is 1. The van der Waals surface area contributed by atoms with Crippen LogP contribution in [0.5, 0.6) is 5.88 Å². The maximum Gasteiger partial charge on any atom is 0.388 e. The summed E-state index contributed by atoms with van der Waals surface area (Å²) >= 11 is 6.04. The Hall–Kier alpha value is -2.53. The van der Waals surface area contributed by atoms with Crippen molar-refractivity contribution in [1.82, 2.24) is 9.97 Å². The predicted molar refractivity (Wildman–Crippen MR) is 97.7 cm³/mol. The Morgan fingerprint density at radius 1 is 1.04 bits per heavy atom. The van der Waals surface area contributed by atoms with E-state index >= 15 is 0 Å². The van der Waals surface area contributed by atoms with Gasteiger partial charge in [0.2, 0.25) is 5.88 Å². The third-order valence-corrected chi connectivity index (χ3v) is 4.15. The van der Waals surface area contributed by atoms with Gasteiger partial charge < -0.3 is 4.74 Å². The average Bonchev–Trinajstić information content (AvgIpc) is 2.63. The summed E-state index contributed by atoms with van der Waals surface area (Å²) in [5.74, 6) is -0.119. The van der Waals surface area contributed by atoms with Crippen molar-refractivity contribution in [3.63, 3.8) is 0 Å². The molecule has 0 spiro atoms. The van der Waals surface area contributed by atoms with E-state index in [1.165, 1.54) is 0 Å². The van der Waals surface area contributed by atoms with Crippen molar-refractivity contribution >= 4 is 11.6 Å². The molecule has 6 heteroatoms. The Morgan fingerprint density at radius 3 is 2.54 bits per heavy atom. The average molecular weight is 375 g/mol. The molecule has 0 unspecified atom stereocenters. The highest BCUT2D eigenvalue weighted by molar-refractivity contribution is 6.30. The number of rotatable bonds is 6. The zero-order valence-corrected chi connectivity index (χ0v) is 14.9. The molecule has 2 aromatic heterocycles. The van der Waals surface area contributed by atoms with Gasteiger partial charge in [-0.1, -0.05) is 36.7 Å². The van der Waals surface area contributed by atoms with Crippen molar-refractivity contribution in [1.29, 1.82) is 0 Å². The highest BCUT2D eigenvalue weighted by atomic mass is 35.5. The van der Waals surface area contributed by atoms with Gasteiger partial charge in [0.25, 0.3) is 0 Å². The quantitative estimate of drug-likeness (QED) is 0.567. The lowest BCUT2D eigenvalue weighted by molar-refractivity contribution is -0.0524. The van der Waals surface area contributed by atoms with E-state index in [1.54, 1.807) is 42.7 Å². The summed E-state index contributed by atoms with van der Waals surface area (Å²) in [4.78, 5) is 8.34. The van der Waals surface area contributed by atoms with Crippen molar-refractivity contribution < 1.29 is 13.5 Å². The van der Waals surface area contributed by atoms with Crippen LogP contribution in [0.25, 0.3) is 11.1 Å². The highest BCUT2D eigenvalue weighted by Crippen LogP contribution is 2.32. The van der Waals surface area contributed by atoms with Gasteiger partial charge in [-0.15, -0.1) is 0 Å². The Morgan fingerprint density at radius 2 is 1.81 bits per heavy atom. The van der Waals surface area contributed by atoms with Crippen LogP contribution in [0.1, 0.15) is 23.6 Å². The number of hydrogen-bond acceptors (Lipinski definition) is 3. The molecule has 3 aromatic rings. The second kappa shape index (κ2) is 8.23. The van der Waals surface area contributed by atoms with Crippen molar-refractivity contribution in [2.75, 3.05) is 0 Å². The zero-order chi connectivity index (χ0) is 18.5. The minimum Gasteiger partial charge on any atom is -0.416 e. The van der Waals surface area contributed by atoms with Crippen molar-refractivity contribution in [3.8, 4) is 17.0 Å². The molecule has 134 valence electrons. The molecule has 0 aliphatic carbocycles. The van der Waals surface area contributed by atoms with Crippen LogP contribution < -0.4 is 4.74 Å². The van der Waals surface area contributed by atoms with E-state index in [9.17, 15) is 8.78 Å². The summed E-state index contributed by atoms with van der Waals surface area (Å²) in [6.45, 7) is -0.882. The minimum absolute atomic E-state index is 0.119. The summed E-state index contributed by atoms with van der Waals surface area (Å²) in [5.41, 5.74) is 4.19. The van der Waals surface area contributed by atoms with Crippen LogP contribution >= 0.6 is 11.6 Å².